The molecule has 1 aromatic heterocycles. The van der Waals surface area contributed by atoms with Crippen LogP contribution in [0, 0.1) is 11.7 Å². The number of Topliss-reactive ketones (excluding diaryl/α,β-unsaturated/α-hetero) is 1. The molecule has 0 atom stereocenters. The lowest BCUT2D eigenvalue weighted by molar-refractivity contribution is -0.121. The summed E-state index contributed by atoms with van der Waals surface area (Å²) in [5, 5.41) is 5.33. The van der Waals surface area contributed by atoms with Crippen molar-refractivity contribution in [3.63, 3.8) is 0 Å². The molecule has 0 amide bonds. The number of ketones is 1. The Morgan fingerprint density at radius 3 is 2.59 bits per heavy atom. The summed E-state index contributed by atoms with van der Waals surface area (Å²) in [5.41, 5.74) is 2.74. The van der Waals surface area contributed by atoms with Gasteiger partial charge in [0.15, 0.2) is 0 Å². The van der Waals surface area contributed by atoms with E-state index in [2.05, 4.69) is 5.10 Å². The number of benzene rings is 2. The molecule has 0 aliphatic carbocycles. The average molecular weight is 296 g/mol. The minimum atomic E-state index is -0.269. The van der Waals surface area contributed by atoms with E-state index in [4.69, 9.17) is 0 Å². The van der Waals surface area contributed by atoms with Crippen molar-refractivity contribution >= 4 is 16.7 Å². The zero-order valence-corrected chi connectivity index (χ0v) is 12.6. The molecule has 4 heteroatoms. The molecule has 0 aliphatic rings. The summed E-state index contributed by atoms with van der Waals surface area (Å²) in [6.07, 6.45) is 2.21. The number of hydrogen-bond donors (Lipinski definition) is 0. The third-order valence-corrected chi connectivity index (χ3v) is 3.73. The van der Waals surface area contributed by atoms with Crippen LogP contribution in [0.3, 0.4) is 0 Å². The zero-order valence-electron chi connectivity index (χ0n) is 12.6. The Morgan fingerprint density at radius 2 is 1.91 bits per heavy atom. The monoisotopic (exact) mass is 296 g/mol. The van der Waals surface area contributed by atoms with Crippen molar-refractivity contribution in [2.45, 2.75) is 20.3 Å². The molecule has 0 saturated heterocycles. The van der Waals surface area contributed by atoms with Crippen LogP contribution in [0.5, 0.6) is 0 Å². The van der Waals surface area contributed by atoms with Crippen LogP contribution < -0.4 is 0 Å². The number of rotatable bonds is 4. The van der Waals surface area contributed by atoms with Crippen molar-refractivity contribution < 1.29 is 9.18 Å². The number of carbonyl (C=O) groups is 1. The van der Waals surface area contributed by atoms with Crippen molar-refractivity contribution in [1.29, 1.82) is 0 Å². The second kappa shape index (κ2) is 5.72. The van der Waals surface area contributed by atoms with E-state index < -0.39 is 0 Å². The van der Waals surface area contributed by atoms with Crippen LogP contribution in [0.1, 0.15) is 19.4 Å². The van der Waals surface area contributed by atoms with E-state index in [9.17, 15) is 9.18 Å². The molecule has 0 fully saturated rings. The zero-order chi connectivity index (χ0) is 15.7. The molecule has 0 bridgehead atoms. The normalized spacial score (nSPS) is 11.3. The number of fused-ring (bicyclic) bond motifs is 1. The second-order valence-electron chi connectivity index (χ2n) is 5.72. The standard InChI is InChI=1S/C18H17FN2O/c1-12(2)18(22)10-13-3-8-17-14(9-13)11-20-21(17)16-6-4-15(19)5-7-16/h3-9,11-12H,10H2,1-2H3. The summed E-state index contributed by atoms with van der Waals surface area (Å²) >= 11 is 0. The summed E-state index contributed by atoms with van der Waals surface area (Å²) in [6.45, 7) is 3.82. The van der Waals surface area contributed by atoms with Gasteiger partial charge in [-0.2, -0.15) is 5.10 Å². The van der Waals surface area contributed by atoms with Crippen LogP contribution in [-0.4, -0.2) is 15.6 Å². The lowest BCUT2D eigenvalue weighted by Crippen LogP contribution is -2.10. The maximum absolute atomic E-state index is 13.0. The summed E-state index contributed by atoms with van der Waals surface area (Å²) in [6, 6.07) is 12.1. The topological polar surface area (TPSA) is 34.9 Å². The van der Waals surface area contributed by atoms with Crippen LogP contribution in [-0.2, 0) is 11.2 Å². The molecule has 2 aromatic carbocycles. The van der Waals surface area contributed by atoms with E-state index in [0.29, 0.717) is 6.42 Å². The highest BCUT2D eigenvalue weighted by molar-refractivity contribution is 5.85. The molecular weight excluding hydrogens is 279 g/mol. The van der Waals surface area contributed by atoms with Gasteiger partial charge in [0.25, 0.3) is 0 Å². The van der Waals surface area contributed by atoms with E-state index in [0.717, 1.165) is 22.2 Å². The molecule has 0 radical (unpaired) electrons. The van der Waals surface area contributed by atoms with Gasteiger partial charge in [0.2, 0.25) is 0 Å². The van der Waals surface area contributed by atoms with Crippen LogP contribution in [0.4, 0.5) is 4.39 Å². The van der Waals surface area contributed by atoms with Crippen molar-refractivity contribution in [3.8, 4) is 5.69 Å². The highest BCUT2D eigenvalue weighted by Gasteiger charge is 2.10. The predicted octanol–water partition coefficient (Wildman–Crippen LogP) is 3.93. The lowest BCUT2D eigenvalue weighted by Gasteiger charge is -2.06. The maximum atomic E-state index is 13.0. The van der Waals surface area contributed by atoms with Gasteiger partial charge in [0.05, 0.1) is 17.4 Å². The summed E-state index contributed by atoms with van der Waals surface area (Å²) in [4.78, 5) is 11.9. The molecule has 3 aromatic rings. The number of carbonyl (C=O) groups excluding carboxylic acids is 1. The van der Waals surface area contributed by atoms with Gasteiger partial charge in [-0.15, -0.1) is 0 Å². The van der Waals surface area contributed by atoms with Crippen molar-refractivity contribution in [1.82, 2.24) is 9.78 Å². The fourth-order valence-electron chi connectivity index (χ4n) is 2.39. The van der Waals surface area contributed by atoms with E-state index in [1.54, 1.807) is 23.0 Å². The fraction of sp³-hybridized carbons (Fsp3) is 0.222. The van der Waals surface area contributed by atoms with Gasteiger partial charge in [-0.3, -0.25) is 4.79 Å². The van der Waals surface area contributed by atoms with E-state index in [-0.39, 0.29) is 17.5 Å². The van der Waals surface area contributed by atoms with Crippen molar-refractivity contribution in [2.24, 2.45) is 5.92 Å². The predicted molar refractivity (Wildman–Crippen MR) is 84.6 cm³/mol. The minimum absolute atomic E-state index is 0.0395. The second-order valence-corrected chi connectivity index (χ2v) is 5.72. The Balaban J connectivity index is 1.96. The number of nitrogens with zero attached hydrogens (tertiary/aromatic N) is 2. The van der Waals surface area contributed by atoms with Crippen LogP contribution in [0.2, 0.25) is 0 Å². The summed E-state index contributed by atoms with van der Waals surface area (Å²) in [5.74, 6) is -0.00222. The van der Waals surface area contributed by atoms with Crippen LogP contribution >= 0.6 is 0 Å². The van der Waals surface area contributed by atoms with Gasteiger partial charge in [-0.25, -0.2) is 9.07 Å². The number of aromatic nitrogens is 2. The Bertz CT molecular complexity index is 819. The van der Waals surface area contributed by atoms with Crippen molar-refractivity contribution in [3.05, 3.63) is 60.0 Å². The molecule has 0 saturated carbocycles. The molecule has 112 valence electrons. The third kappa shape index (κ3) is 2.77. The molecule has 0 N–H and O–H groups in total. The largest absolute Gasteiger partial charge is 0.299 e. The highest BCUT2D eigenvalue weighted by atomic mass is 19.1. The fourth-order valence-corrected chi connectivity index (χ4v) is 2.39. The first-order valence-electron chi connectivity index (χ1n) is 7.30. The summed E-state index contributed by atoms with van der Waals surface area (Å²) < 4.78 is 14.8. The molecular formula is C18H17FN2O. The van der Waals surface area contributed by atoms with Gasteiger partial charge in [-0.1, -0.05) is 19.9 Å². The lowest BCUT2D eigenvalue weighted by atomic mass is 10.0. The first-order chi connectivity index (χ1) is 10.5. The highest BCUT2D eigenvalue weighted by Crippen LogP contribution is 2.20. The average Bonchev–Trinajstić information content (AvgIpc) is 2.91. The third-order valence-electron chi connectivity index (χ3n) is 3.73. The first kappa shape index (κ1) is 14.4. The molecule has 0 aliphatic heterocycles. The Hall–Kier alpha value is -2.49. The van der Waals surface area contributed by atoms with E-state index >= 15 is 0 Å². The molecule has 3 rings (SSSR count). The van der Waals surface area contributed by atoms with Crippen LogP contribution in [0.15, 0.2) is 48.7 Å². The first-order valence-corrected chi connectivity index (χ1v) is 7.30. The molecule has 22 heavy (non-hydrogen) atoms. The smallest absolute Gasteiger partial charge is 0.139 e. The van der Waals surface area contributed by atoms with Gasteiger partial charge in [-0.05, 0) is 42.0 Å². The van der Waals surface area contributed by atoms with Gasteiger partial charge in [0.1, 0.15) is 11.6 Å². The Labute approximate surface area is 128 Å². The van der Waals surface area contributed by atoms with Gasteiger partial charge >= 0.3 is 0 Å². The van der Waals surface area contributed by atoms with E-state index in [1.807, 2.05) is 32.0 Å². The Kier molecular flexibility index (Phi) is 3.75. The minimum Gasteiger partial charge on any atom is -0.299 e. The SMILES string of the molecule is CC(C)C(=O)Cc1ccc2c(cnn2-c2ccc(F)cc2)c1. The number of hydrogen-bond acceptors (Lipinski definition) is 2. The molecule has 3 nitrogen and oxygen atoms in total. The maximum Gasteiger partial charge on any atom is 0.139 e. The van der Waals surface area contributed by atoms with Gasteiger partial charge < -0.3 is 0 Å². The molecule has 1 heterocycles. The molecule has 0 unspecified atom stereocenters. The Morgan fingerprint density at radius 1 is 1.18 bits per heavy atom. The summed E-state index contributed by atoms with van der Waals surface area (Å²) in [7, 11) is 0. The van der Waals surface area contributed by atoms with E-state index in [1.165, 1.54) is 12.1 Å². The number of halogens is 1. The van der Waals surface area contributed by atoms with Gasteiger partial charge in [0, 0.05) is 17.7 Å². The van der Waals surface area contributed by atoms with Crippen molar-refractivity contribution in [2.75, 3.05) is 0 Å². The molecule has 0 spiro atoms. The quantitative estimate of drug-likeness (QED) is 0.731. The van der Waals surface area contributed by atoms with Crippen LogP contribution in [0.25, 0.3) is 16.6 Å².